The first kappa shape index (κ1) is 43.3. The summed E-state index contributed by atoms with van der Waals surface area (Å²) in [5.41, 5.74) is 1.18. The first-order valence-electron chi connectivity index (χ1n) is 21.5. The molecule has 4 atom stereocenters. The van der Waals surface area contributed by atoms with Gasteiger partial charge in [0.15, 0.2) is 5.66 Å². The lowest BCUT2D eigenvalue weighted by Gasteiger charge is -2.44. The fraction of sp³-hybridized carbons (Fsp3) is 0.545. The Morgan fingerprint density at radius 1 is 0.817 bits per heavy atom. The van der Waals surface area contributed by atoms with Crippen molar-refractivity contribution < 1.29 is 27.5 Å². The molecule has 0 saturated carbocycles. The van der Waals surface area contributed by atoms with Crippen LogP contribution < -0.4 is 20.3 Å². The minimum Gasteiger partial charge on any atom is -0.493 e. The molecule has 1 amide bonds. The van der Waals surface area contributed by atoms with Crippen molar-refractivity contribution in [3.63, 3.8) is 0 Å². The molecular formula is C44H57Cl2N7O6S. The maximum Gasteiger partial charge on any atom is 0.262 e. The Balaban J connectivity index is 1.26. The number of nitrogens with zero attached hydrogens (tertiary/aromatic N) is 5. The molecule has 0 aliphatic carbocycles. The van der Waals surface area contributed by atoms with E-state index in [9.17, 15) is 4.79 Å². The summed E-state index contributed by atoms with van der Waals surface area (Å²) >= 11 is 12.8. The number of nitrogens with one attached hydrogen (secondary N) is 2. The normalized spacial score (nSPS) is 26.3. The molecule has 5 heterocycles. The van der Waals surface area contributed by atoms with Crippen LogP contribution in [0.1, 0.15) is 74.2 Å². The van der Waals surface area contributed by atoms with Gasteiger partial charge in [0.2, 0.25) is 10.0 Å². The van der Waals surface area contributed by atoms with Gasteiger partial charge < -0.3 is 24.1 Å². The van der Waals surface area contributed by atoms with E-state index in [4.69, 9.17) is 32.7 Å². The summed E-state index contributed by atoms with van der Waals surface area (Å²) in [4.78, 5) is 35.7. The highest BCUT2D eigenvalue weighted by Gasteiger charge is 2.55. The Morgan fingerprint density at radius 3 is 1.97 bits per heavy atom. The molecule has 5 fully saturated rings. The number of aldehydes is 1. The van der Waals surface area contributed by atoms with Crippen LogP contribution in [0.4, 0.5) is 5.69 Å². The Morgan fingerprint density at radius 2 is 1.40 bits per heavy atom. The molecule has 0 bridgehead atoms. The number of hydrogen-bond donors (Lipinski definition) is 2. The van der Waals surface area contributed by atoms with E-state index in [-0.39, 0.29) is 17.0 Å². The molecule has 2 unspecified atom stereocenters. The highest BCUT2D eigenvalue weighted by atomic mass is 35.5. The molecule has 0 radical (unpaired) electrons. The second-order valence-electron chi connectivity index (χ2n) is 16.4. The van der Waals surface area contributed by atoms with Gasteiger partial charge in [0.1, 0.15) is 23.2 Å². The SMILES string of the molecule is CCOc1cc(N2CCCCC2)c(S(=O)(=O)N2CCCCC2)cc1C1(C(=O)N2CCN(C3CN(CC=O)CCO3)CC2)N[C@H](c2ccc(Cl)cc2)[C@H](c2ccc(Cl)cc2)N1. The molecule has 3 aromatic carbocycles. The van der Waals surface area contributed by atoms with E-state index < -0.39 is 27.8 Å². The van der Waals surface area contributed by atoms with Crippen molar-refractivity contribution in [1.29, 1.82) is 0 Å². The molecule has 16 heteroatoms. The van der Waals surface area contributed by atoms with Crippen LogP contribution in [0.2, 0.25) is 10.0 Å². The fourth-order valence-electron chi connectivity index (χ4n) is 9.54. The van der Waals surface area contributed by atoms with Crippen LogP contribution in [-0.4, -0.2) is 131 Å². The van der Waals surface area contributed by atoms with E-state index in [0.29, 0.717) is 99.2 Å². The number of carbonyl (C=O) groups is 2. The predicted octanol–water partition coefficient (Wildman–Crippen LogP) is 5.39. The molecular weight excluding hydrogens is 825 g/mol. The number of piperidine rings is 2. The largest absolute Gasteiger partial charge is 0.493 e. The van der Waals surface area contributed by atoms with Gasteiger partial charge in [-0.3, -0.25) is 25.2 Å². The molecule has 5 aliphatic rings. The lowest BCUT2D eigenvalue weighted by Crippen LogP contribution is -2.63. The van der Waals surface area contributed by atoms with Crippen molar-refractivity contribution >= 4 is 51.1 Å². The van der Waals surface area contributed by atoms with Gasteiger partial charge in [0.05, 0.1) is 37.5 Å². The average Bonchev–Trinajstić information content (AvgIpc) is 3.69. The van der Waals surface area contributed by atoms with Crippen molar-refractivity contribution in [2.75, 3.05) is 90.1 Å². The summed E-state index contributed by atoms with van der Waals surface area (Å²) in [5.74, 6) is 0.206. The molecule has 324 valence electrons. The summed E-state index contributed by atoms with van der Waals surface area (Å²) in [7, 11) is -3.99. The molecule has 5 aliphatic heterocycles. The maximum atomic E-state index is 15.8. The van der Waals surface area contributed by atoms with Gasteiger partial charge in [-0.1, -0.05) is 53.9 Å². The third kappa shape index (κ3) is 8.95. The highest BCUT2D eigenvalue weighted by molar-refractivity contribution is 7.89. The summed E-state index contributed by atoms with van der Waals surface area (Å²) in [6, 6.07) is 17.8. The number of amides is 1. The van der Waals surface area contributed by atoms with E-state index in [1.807, 2.05) is 66.4 Å². The number of ether oxygens (including phenoxy) is 2. The number of sulfonamides is 1. The first-order chi connectivity index (χ1) is 29.1. The van der Waals surface area contributed by atoms with Gasteiger partial charge in [-0.05, 0) is 80.5 Å². The topological polar surface area (TPSA) is 127 Å². The van der Waals surface area contributed by atoms with Crippen LogP contribution in [0.5, 0.6) is 5.75 Å². The fourth-order valence-corrected chi connectivity index (χ4v) is 11.5. The van der Waals surface area contributed by atoms with Gasteiger partial charge in [0, 0.05) is 87.1 Å². The number of anilines is 1. The zero-order chi connectivity index (χ0) is 41.9. The number of carbonyl (C=O) groups excluding carboxylic acids is 2. The molecule has 13 nitrogen and oxygen atoms in total. The van der Waals surface area contributed by atoms with Crippen LogP contribution >= 0.6 is 23.2 Å². The van der Waals surface area contributed by atoms with E-state index in [1.54, 1.807) is 10.4 Å². The minimum absolute atomic E-state index is 0.189. The smallest absolute Gasteiger partial charge is 0.262 e. The highest BCUT2D eigenvalue weighted by Crippen LogP contribution is 2.47. The Kier molecular flexibility index (Phi) is 13.7. The second kappa shape index (κ2) is 19.0. The number of piperazine rings is 1. The van der Waals surface area contributed by atoms with Gasteiger partial charge in [-0.25, -0.2) is 8.42 Å². The third-order valence-electron chi connectivity index (χ3n) is 12.7. The van der Waals surface area contributed by atoms with Crippen LogP contribution in [-0.2, 0) is 30.0 Å². The summed E-state index contributed by atoms with van der Waals surface area (Å²) in [6.45, 7) is 8.69. The number of hydrogen-bond acceptors (Lipinski definition) is 11. The molecule has 0 aromatic heterocycles. The molecule has 3 aromatic rings. The van der Waals surface area contributed by atoms with Gasteiger partial charge >= 0.3 is 0 Å². The van der Waals surface area contributed by atoms with Crippen LogP contribution in [0.25, 0.3) is 0 Å². The van der Waals surface area contributed by atoms with Gasteiger partial charge in [0.25, 0.3) is 5.91 Å². The summed E-state index contributed by atoms with van der Waals surface area (Å²) in [6.07, 6.45) is 6.32. The molecule has 2 N–H and O–H groups in total. The Bertz CT molecular complexity index is 2020. The number of benzene rings is 3. The van der Waals surface area contributed by atoms with Crippen molar-refractivity contribution in [2.24, 2.45) is 0 Å². The van der Waals surface area contributed by atoms with Crippen molar-refractivity contribution in [1.82, 2.24) is 29.6 Å². The number of halogens is 2. The zero-order valence-corrected chi connectivity index (χ0v) is 36.7. The van der Waals surface area contributed by atoms with Gasteiger partial charge in [-0.2, -0.15) is 4.31 Å². The minimum atomic E-state index is -3.99. The van der Waals surface area contributed by atoms with E-state index >= 15 is 13.2 Å². The average molecular weight is 883 g/mol. The maximum absolute atomic E-state index is 15.8. The molecule has 60 heavy (non-hydrogen) atoms. The lowest BCUT2D eigenvalue weighted by atomic mass is 9.95. The monoisotopic (exact) mass is 881 g/mol. The number of morpholine rings is 1. The van der Waals surface area contributed by atoms with E-state index in [0.717, 1.165) is 69.0 Å². The summed E-state index contributed by atoms with van der Waals surface area (Å²) < 4.78 is 44.3. The Labute approximate surface area is 364 Å². The van der Waals surface area contributed by atoms with E-state index in [2.05, 4.69) is 25.3 Å². The third-order valence-corrected chi connectivity index (χ3v) is 15.2. The van der Waals surface area contributed by atoms with Crippen LogP contribution in [0.15, 0.2) is 65.6 Å². The quantitative estimate of drug-likeness (QED) is 0.228. The molecule has 5 saturated heterocycles. The van der Waals surface area contributed by atoms with Crippen molar-refractivity contribution in [3.8, 4) is 5.75 Å². The standard InChI is InChI=1S/C44H57Cl2N7O6S/c1-2-58-38-30-37(50-17-5-3-6-18-50)39(60(56,57)53-19-7-4-8-20-53)29-36(38)44(43(55)52-23-21-51(22-24-52)40-31-49(25-27-54)26-28-59-40)47-41(32-9-13-34(45)14-10-32)42(48-44)33-11-15-35(46)16-12-33/h9-16,27,29-30,40-42,47-48H,2-8,17-26,28,31H2,1H3/t40?,41-,42+,44?. The lowest BCUT2D eigenvalue weighted by molar-refractivity contribution is -0.149. The van der Waals surface area contributed by atoms with E-state index in [1.165, 1.54) is 0 Å². The van der Waals surface area contributed by atoms with Crippen LogP contribution in [0.3, 0.4) is 0 Å². The van der Waals surface area contributed by atoms with Gasteiger partial charge in [-0.15, -0.1) is 0 Å². The second-order valence-corrected chi connectivity index (χ2v) is 19.2. The van der Waals surface area contributed by atoms with Crippen molar-refractivity contribution in [2.45, 2.75) is 74.3 Å². The molecule has 0 spiro atoms. The Hall–Kier alpha value is -3.31. The first-order valence-corrected chi connectivity index (χ1v) is 23.7. The predicted molar refractivity (Wildman–Crippen MR) is 233 cm³/mol. The summed E-state index contributed by atoms with van der Waals surface area (Å²) in [5, 5.41) is 8.79. The van der Waals surface area contributed by atoms with Crippen molar-refractivity contribution in [3.05, 3.63) is 87.4 Å². The van der Waals surface area contributed by atoms with Crippen LogP contribution in [0, 0.1) is 0 Å². The molecule has 8 rings (SSSR count). The zero-order valence-electron chi connectivity index (χ0n) is 34.4. The number of rotatable bonds is 12.